The van der Waals surface area contributed by atoms with E-state index in [-0.39, 0.29) is 18.6 Å². The Morgan fingerprint density at radius 1 is 1.50 bits per heavy atom. The molecule has 0 unspecified atom stereocenters. The van der Waals surface area contributed by atoms with Gasteiger partial charge in [0.15, 0.2) is 0 Å². The molecule has 0 aliphatic rings. The Morgan fingerprint density at radius 2 is 2.25 bits per heavy atom. The second-order valence-corrected chi connectivity index (χ2v) is 4.12. The van der Waals surface area contributed by atoms with E-state index in [0.29, 0.717) is 5.82 Å². The number of hydrogen-bond donors (Lipinski definition) is 2. The van der Waals surface area contributed by atoms with E-state index in [1.165, 1.54) is 6.07 Å². The molecule has 0 radical (unpaired) electrons. The van der Waals surface area contributed by atoms with Crippen molar-refractivity contribution >= 4 is 5.82 Å². The van der Waals surface area contributed by atoms with Gasteiger partial charge in [0.2, 0.25) is 5.95 Å². The van der Waals surface area contributed by atoms with Crippen molar-refractivity contribution in [2.24, 2.45) is 5.92 Å². The Kier molecular flexibility index (Phi) is 5.19. The van der Waals surface area contributed by atoms with E-state index < -0.39 is 5.95 Å². The molecule has 3 nitrogen and oxygen atoms in total. The number of nitrogens with zero attached hydrogens (tertiary/aromatic N) is 1. The van der Waals surface area contributed by atoms with Gasteiger partial charge in [-0.1, -0.05) is 19.9 Å². The fraction of sp³-hybridized carbons (Fsp3) is 0.583. The van der Waals surface area contributed by atoms with Crippen LogP contribution >= 0.6 is 0 Å². The first kappa shape index (κ1) is 12.9. The maximum atomic E-state index is 12.9. The van der Waals surface area contributed by atoms with E-state index in [0.717, 1.165) is 12.8 Å². The van der Waals surface area contributed by atoms with E-state index in [2.05, 4.69) is 17.2 Å². The van der Waals surface area contributed by atoms with Crippen LogP contribution in [0.2, 0.25) is 0 Å². The van der Waals surface area contributed by atoms with Crippen LogP contribution in [0.1, 0.15) is 26.7 Å². The van der Waals surface area contributed by atoms with Crippen molar-refractivity contribution in [3.05, 3.63) is 24.1 Å². The summed E-state index contributed by atoms with van der Waals surface area (Å²) in [7, 11) is 0. The van der Waals surface area contributed by atoms with Crippen molar-refractivity contribution < 1.29 is 9.50 Å². The molecule has 2 N–H and O–H groups in total. The van der Waals surface area contributed by atoms with Gasteiger partial charge in [-0.15, -0.1) is 0 Å². The van der Waals surface area contributed by atoms with Crippen molar-refractivity contribution in [1.29, 1.82) is 0 Å². The molecule has 2 atom stereocenters. The molecule has 90 valence electrons. The zero-order valence-corrected chi connectivity index (χ0v) is 9.78. The second-order valence-electron chi connectivity index (χ2n) is 4.12. The quantitative estimate of drug-likeness (QED) is 0.732. The normalized spacial score (nSPS) is 14.5. The van der Waals surface area contributed by atoms with Crippen molar-refractivity contribution in [3.8, 4) is 0 Å². The molecular weight excluding hydrogens is 207 g/mol. The summed E-state index contributed by atoms with van der Waals surface area (Å²) in [5.74, 6) is 0.318. The molecule has 1 aromatic rings. The fourth-order valence-electron chi connectivity index (χ4n) is 1.59. The van der Waals surface area contributed by atoms with Crippen LogP contribution in [-0.2, 0) is 0 Å². The summed E-state index contributed by atoms with van der Waals surface area (Å²) >= 11 is 0. The highest BCUT2D eigenvalue weighted by molar-refractivity contribution is 5.34. The van der Waals surface area contributed by atoms with Gasteiger partial charge >= 0.3 is 0 Å². The summed E-state index contributed by atoms with van der Waals surface area (Å²) in [4.78, 5) is 3.75. The Hall–Kier alpha value is -1.16. The molecular formula is C12H19FN2O. The van der Waals surface area contributed by atoms with Crippen molar-refractivity contribution in [2.45, 2.75) is 32.7 Å². The standard InChI is InChI=1S/C12H19FN2O/c1-3-10(7-9(2)8-16)14-12-6-4-5-11(13)15-12/h4-6,9-10,16H,3,7-8H2,1-2H3,(H,14,15)/t9-,10+/m0/s1. The molecule has 0 saturated heterocycles. The Balaban J connectivity index is 2.56. The van der Waals surface area contributed by atoms with E-state index in [1.807, 2.05) is 6.92 Å². The maximum absolute atomic E-state index is 12.9. The Labute approximate surface area is 95.7 Å². The molecule has 0 aromatic carbocycles. The fourth-order valence-corrected chi connectivity index (χ4v) is 1.59. The number of pyridine rings is 1. The average Bonchev–Trinajstić information content (AvgIpc) is 2.28. The van der Waals surface area contributed by atoms with E-state index >= 15 is 0 Å². The molecule has 0 aliphatic heterocycles. The predicted octanol–water partition coefficient (Wildman–Crippen LogP) is 2.43. The van der Waals surface area contributed by atoms with Gasteiger partial charge in [-0.25, -0.2) is 4.98 Å². The molecule has 16 heavy (non-hydrogen) atoms. The highest BCUT2D eigenvalue weighted by Gasteiger charge is 2.11. The number of anilines is 1. The molecule has 0 amide bonds. The summed E-state index contributed by atoms with van der Waals surface area (Å²) < 4.78 is 12.9. The minimum atomic E-state index is -0.477. The number of nitrogens with one attached hydrogen (secondary N) is 1. The lowest BCUT2D eigenvalue weighted by Crippen LogP contribution is -2.23. The van der Waals surface area contributed by atoms with Crippen LogP contribution < -0.4 is 5.32 Å². The van der Waals surface area contributed by atoms with Crippen molar-refractivity contribution in [2.75, 3.05) is 11.9 Å². The lowest BCUT2D eigenvalue weighted by Gasteiger charge is -2.20. The van der Waals surface area contributed by atoms with E-state index in [9.17, 15) is 4.39 Å². The Bertz CT molecular complexity index is 320. The molecule has 1 heterocycles. The summed E-state index contributed by atoms with van der Waals surface area (Å²) in [5.41, 5.74) is 0. The molecule has 0 bridgehead atoms. The largest absolute Gasteiger partial charge is 0.396 e. The van der Waals surface area contributed by atoms with E-state index in [4.69, 9.17) is 5.11 Å². The average molecular weight is 226 g/mol. The van der Waals surface area contributed by atoms with Crippen LogP contribution in [0.15, 0.2) is 18.2 Å². The molecule has 0 saturated carbocycles. The lowest BCUT2D eigenvalue weighted by atomic mass is 10.0. The van der Waals surface area contributed by atoms with Gasteiger partial charge < -0.3 is 10.4 Å². The highest BCUT2D eigenvalue weighted by Crippen LogP contribution is 2.13. The predicted molar refractivity (Wildman–Crippen MR) is 62.8 cm³/mol. The number of aliphatic hydroxyl groups excluding tert-OH is 1. The SMILES string of the molecule is CC[C@H](C[C@H](C)CO)Nc1cccc(F)n1. The van der Waals surface area contributed by atoms with Gasteiger partial charge in [0.25, 0.3) is 0 Å². The molecule has 0 fully saturated rings. The lowest BCUT2D eigenvalue weighted by molar-refractivity contribution is 0.224. The van der Waals surface area contributed by atoms with Gasteiger partial charge in [-0.05, 0) is 30.9 Å². The first-order valence-electron chi connectivity index (χ1n) is 5.65. The van der Waals surface area contributed by atoms with Crippen molar-refractivity contribution in [1.82, 2.24) is 4.98 Å². The Morgan fingerprint density at radius 3 is 2.81 bits per heavy atom. The third kappa shape index (κ3) is 4.14. The number of aromatic nitrogens is 1. The monoisotopic (exact) mass is 226 g/mol. The highest BCUT2D eigenvalue weighted by atomic mass is 19.1. The second kappa shape index (κ2) is 6.43. The third-order valence-electron chi connectivity index (χ3n) is 2.56. The van der Waals surface area contributed by atoms with Gasteiger partial charge in [0.1, 0.15) is 5.82 Å². The van der Waals surface area contributed by atoms with Gasteiger partial charge in [-0.3, -0.25) is 0 Å². The minimum absolute atomic E-state index is 0.175. The summed E-state index contributed by atoms with van der Waals surface area (Å²) in [6.45, 7) is 4.22. The zero-order valence-electron chi connectivity index (χ0n) is 9.78. The minimum Gasteiger partial charge on any atom is -0.396 e. The van der Waals surface area contributed by atoms with Gasteiger partial charge in [-0.2, -0.15) is 4.39 Å². The topological polar surface area (TPSA) is 45.1 Å². The molecule has 0 aliphatic carbocycles. The van der Waals surface area contributed by atoms with E-state index in [1.54, 1.807) is 12.1 Å². The number of halogens is 1. The summed E-state index contributed by atoms with van der Waals surface area (Å²) in [6.07, 6.45) is 1.77. The van der Waals surface area contributed by atoms with Crippen molar-refractivity contribution in [3.63, 3.8) is 0 Å². The van der Waals surface area contributed by atoms with Crippen LogP contribution in [0, 0.1) is 11.9 Å². The van der Waals surface area contributed by atoms with Crippen LogP contribution in [-0.4, -0.2) is 22.7 Å². The summed E-state index contributed by atoms with van der Waals surface area (Å²) in [5, 5.41) is 12.2. The van der Waals surface area contributed by atoms with Crippen LogP contribution in [0.3, 0.4) is 0 Å². The molecule has 1 rings (SSSR count). The summed E-state index contributed by atoms with van der Waals surface area (Å²) in [6, 6.07) is 4.92. The zero-order chi connectivity index (χ0) is 12.0. The smallest absolute Gasteiger partial charge is 0.214 e. The van der Waals surface area contributed by atoms with Gasteiger partial charge in [0.05, 0.1) is 0 Å². The molecule has 0 spiro atoms. The number of hydrogen-bond acceptors (Lipinski definition) is 3. The molecule has 4 heteroatoms. The van der Waals surface area contributed by atoms with Crippen LogP contribution in [0.5, 0.6) is 0 Å². The number of rotatable bonds is 6. The van der Waals surface area contributed by atoms with Gasteiger partial charge in [0, 0.05) is 12.6 Å². The first-order chi connectivity index (χ1) is 7.65. The maximum Gasteiger partial charge on any atom is 0.214 e. The van der Waals surface area contributed by atoms with Crippen LogP contribution in [0.4, 0.5) is 10.2 Å². The molecule has 1 aromatic heterocycles. The number of aliphatic hydroxyl groups is 1. The van der Waals surface area contributed by atoms with Crippen LogP contribution in [0.25, 0.3) is 0 Å². The third-order valence-corrected chi connectivity index (χ3v) is 2.56. The first-order valence-corrected chi connectivity index (χ1v) is 5.65.